The number of rotatable bonds is 2. The van der Waals surface area contributed by atoms with Gasteiger partial charge in [0.15, 0.2) is 0 Å². The maximum atomic E-state index is 12.5. The molecule has 0 heterocycles. The van der Waals surface area contributed by atoms with Gasteiger partial charge in [0, 0.05) is 12.1 Å². The first-order valence-corrected chi connectivity index (χ1v) is 4.38. The molecule has 0 saturated carbocycles. The Labute approximate surface area is 135 Å². The summed E-state index contributed by atoms with van der Waals surface area (Å²) in [4.78, 5) is 0. The molecule has 0 spiro atoms. The summed E-state index contributed by atoms with van der Waals surface area (Å²) in [5.41, 5.74) is 6.02. The summed E-state index contributed by atoms with van der Waals surface area (Å²) >= 11 is 0. The van der Waals surface area contributed by atoms with Crippen LogP contribution in [-0.4, -0.2) is 6.98 Å². The van der Waals surface area contributed by atoms with E-state index in [-0.39, 0.29) is 63.5 Å². The van der Waals surface area contributed by atoms with E-state index < -0.39 is 12.4 Å². The minimum absolute atomic E-state index is 0. The van der Waals surface area contributed by atoms with E-state index in [1.165, 1.54) is 0 Å². The fourth-order valence-corrected chi connectivity index (χ4v) is 1.31. The first-order chi connectivity index (χ1) is 6.86. The third-order valence-electron chi connectivity index (χ3n) is 2.25. The molecular formula is C10H10BF3KN. The van der Waals surface area contributed by atoms with E-state index in [2.05, 4.69) is 5.92 Å². The standard InChI is InChI=1S/C10H10BF3N.K/c1-3-4-8-5-9(11(12,13)14)6-10(15)7(8)2;/h1,5-6H,4,15H2,2H3;/q-1;+1. The number of terminal acetylenes is 1. The third kappa shape index (κ3) is 3.82. The molecule has 0 unspecified atom stereocenters. The van der Waals surface area contributed by atoms with Crippen LogP contribution in [0.3, 0.4) is 0 Å². The molecule has 1 aromatic rings. The second-order valence-corrected chi connectivity index (χ2v) is 3.35. The van der Waals surface area contributed by atoms with Gasteiger partial charge in [0.05, 0.1) is 0 Å². The van der Waals surface area contributed by atoms with Crippen LogP contribution in [0.2, 0.25) is 0 Å². The molecule has 0 aliphatic heterocycles. The second-order valence-electron chi connectivity index (χ2n) is 3.35. The summed E-state index contributed by atoms with van der Waals surface area (Å²) in [6.07, 6.45) is 5.23. The van der Waals surface area contributed by atoms with Crippen molar-refractivity contribution >= 4 is 18.1 Å². The Kier molecular flexibility index (Phi) is 6.15. The van der Waals surface area contributed by atoms with Crippen LogP contribution in [0.1, 0.15) is 11.1 Å². The topological polar surface area (TPSA) is 26.0 Å². The Hall–Kier alpha value is 0.0713. The van der Waals surface area contributed by atoms with Gasteiger partial charge in [0.2, 0.25) is 0 Å². The van der Waals surface area contributed by atoms with Gasteiger partial charge in [0.25, 0.3) is 0 Å². The number of anilines is 1. The Morgan fingerprint density at radius 2 is 1.94 bits per heavy atom. The van der Waals surface area contributed by atoms with E-state index in [1.807, 2.05) is 0 Å². The fourth-order valence-electron chi connectivity index (χ4n) is 1.31. The van der Waals surface area contributed by atoms with E-state index in [0.717, 1.165) is 12.1 Å². The van der Waals surface area contributed by atoms with Crippen molar-refractivity contribution in [3.8, 4) is 12.3 Å². The Morgan fingerprint density at radius 3 is 2.38 bits per heavy atom. The first-order valence-electron chi connectivity index (χ1n) is 4.38. The monoisotopic (exact) mass is 251 g/mol. The summed E-state index contributed by atoms with van der Waals surface area (Å²) < 4.78 is 37.4. The van der Waals surface area contributed by atoms with Crippen molar-refractivity contribution in [2.24, 2.45) is 0 Å². The van der Waals surface area contributed by atoms with Gasteiger partial charge in [0.1, 0.15) is 0 Å². The Bertz CT molecular complexity index is 423. The van der Waals surface area contributed by atoms with Crippen molar-refractivity contribution in [2.45, 2.75) is 13.3 Å². The van der Waals surface area contributed by atoms with Crippen LogP contribution in [0.15, 0.2) is 12.1 Å². The average molecular weight is 251 g/mol. The van der Waals surface area contributed by atoms with Crippen LogP contribution in [0.4, 0.5) is 18.6 Å². The molecule has 0 fully saturated rings. The SMILES string of the molecule is C#CCc1cc([B-](F)(F)F)cc(N)c1C.[K+]. The van der Waals surface area contributed by atoms with Gasteiger partial charge in [-0.1, -0.05) is 12.1 Å². The van der Waals surface area contributed by atoms with E-state index in [4.69, 9.17) is 12.2 Å². The molecule has 1 aromatic carbocycles. The van der Waals surface area contributed by atoms with Gasteiger partial charge in [-0.15, -0.1) is 17.8 Å². The number of nitrogen functional groups attached to an aromatic ring is 1. The predicted molar refractivity (Wildman–Crippen MR) is 56.8 cm³/mol. The number of nitrogens with two attached hydrogens (primary N) is 1. The number of hydrogen-bond acceptors (Lipinski definition) is 1. The molecule has 0 aromatic heterocycles. The molecule has 0 bridgehead atoms. The zero-order valence-corrected chi connectivity index (χ0v) is 12.4. The van der Waals surface area contributed by atoms with Crippen molar-refractivity contribution < 1.29 is 64.3 Å². The molecule has 16 heavy (non-hydrogen) atoms. The van der Waals surface area contributed by atoms with Gasteiger partial charge in [-0.3, -0.25) is 0 Å². The van der Waals surface area contributed by atoms with Crippen molar-refractivity contribution in [1.29, 1.82) is 0 Å². The van der Waals surface area contributed by atoms with E-state index in [1.54, 1.807) is 6.92 Å². The van der Waals surface area contributed by atoms with Crippen molar-refractivity contribution in [3.05, 3.63) is 23.3 Å². The van der Waals surface area contributed by atoms with Gasteiger partial charge >= 0.3 is 58.4 Å². The maximum Gasteiger partial charge on any atom is 1.00 e. The molecule has 6 heteroatoms. The van der Waals surface area contributed by atoms with Gasteiger partial charge in [-0.25, -0.2) is 0 Å². The molecule has 0 radical (unpaired) electrons. The normalized spacial score (nSPS) is 10.4. The fraction of sp³-hybridized carbons (Fsp3) is 0.200. The van der Waals surface area contributed by atoms with E-state index >= 15 is 0 Å². The average Bonchev–Trinajstić information content (AvgIpc) is 2.11. The minimum Gasteiger partial charge on any atom is -0.445 e. The zero-order valence-electron chi connectivity index (χ0n) is 9.23. The van der Waals surface area contributed by atoms with Crippen LogP contribution in [0, 0.1) is 19.3 Å². The van der Waals surface area contributed by atoms with Gasteiger partial charge in [-0.2, -0.15) is 0 Å². The minimum atomic E-state index is -5.02. The number of halogens is 3. The molecule has 0 aliphatic carbocycles. The summed E-state index contributed by atoms with van der Waals surface area (Å²) in [6, 6.07) is 2.03. The largest absolute Gasteiger partial charge is 1.00 e. The van der Waals surface area contributed by atoms with Crippen molar-refractivity contribution in [3.63, 3.8) is 0 Å². The number of hydrogen-bond donors (Lipinski definition) is 1. The van der Waals surface area contributed by atoms with E-state index in [0.29, 0.717) is 11.1 Å². The molecule has 1 rings (SSSR count). The Morgan fingerprint density at radius 1 is 1.38 bits per heavy atom. The summed E-state index contributed by atoms with van der Waals surface area (Å²) in [5.74, 6) is 2.31. The molecular weight excluding hydrogens is 241 g/mol. The molecule has 0 saturated heterocycles. The molecule has 1 nitrogen and oxygen atoms in total. The van der Waals surface area contributed by atoms with Crippen LogP contribution in [0.25, 0.3) is 0 Å². The predicted octanol–water partition coefficient (Wildman–Crippen LogP) is -1.19. The second kappa shape index (κ2) is 6.13. The zero-order chi connectivity index (χ0) is 11.6. The summed E-state index contributed by atoms with van der Waals surface area (Å²) in [6.45, 7) is -3.36. The molecule has 0 aliphatic rings. The Balaban J connectivity index is 0.00000225. The number of benzene rings is 1. The molecule has 80 valence electrons. The van der Waals surface area contributed by atoms with Crippen molar-refractivity contribution in [2.75, 3.05) is 5.73 Å². The van der Waals surface area contributed by atoms with E-state index in [9.17, 15) is 12.9 Å². The smallest absolute Gasteiger partial charge is 0.445 e. The summed E-state index contributed by atoms with van der Waals surface area (Å²) in [7, 11) is 0. The van der Waals surface area contributed by atoms with Gasteiger partial charge in [-0.05, 0) is 18.1 Å². The molecule has 0 atom stereocenters. The quantitative estimate of drug-likeness (QED) is 0.399. The summed E-state index contributed by atoms with van der Waals surface area (Å²) in [5, 5.41) is 0. The van der Waals surface area contributed by atoms with Gasteiger partial charge < -0.3 is 18.7 Å². The van der Waals surface area contributed by atoms with Crippen molar-refractivity contribution in [1.82, 2.24) is 0 Å². The van der Waals surface area contributed by atoms with Crippen LogP contribution in [0.5, 0.6) is 0 Å². The molecule has 0 amide bonds. The van der Waals surface area contributed by atoms with Crippen LogP contribution in [-0.2, 0) is 6.42 Å². The maximum absolute atomic E-state index is 12.5. The third-order valence-corrected chi connectivity index (χ3v) is 2.25. The van der Waals surface area contributed by atoms with Crippen LogP contribution >= 0.6 is 0 Å². The first kappa shape index (κ1) is 16.1. The van der Waals surface area contributed by atoms with Crippen LogP contribution < -0.4 is 62.6 Å². The molecule has 2 N–H and O–H groups in total.